The molecule has 0 unspecified atom stereocenters. The van der Waals surface area contributed by atoms with Crippen LogP contribution in [-0.2, 0) is 4.74 Å². The normalized spacial score (nSPS) is 11.2. The number of benzene rings is 3. The third kappa shape index (κ3) is 3.10. The van der Waals surface area contributed by atoms with Crippen LogP contribution in [0, 0.1) is 0 Å². The average Bonchev–Trinajstić information content (AvgIpc) is 2.67. The summed E-state index contributed by atoms with van der Waals surface area (Å²) in [5, 5.41) is 1.94. The molecule has 4 heteroatoms. The van der Waals surface area contributed by atoms with E-state index in [4.69, 9.17) is 9.15 Å². The quantitative estimate of drug-likeness (QED) is 0.288. The van der Waals surface area contributed by atoms with Crippen LogP contribution in [0.3, 0.4) is 0 Å². The number of carbonyl (C=O) groups excluding carboxylic acids is 1. The van der Waals surface area contributed by atoms with Crippen LogP contribution in [0.5, 0.6) is 0 Å². The maximum absolute atomic E-state index is 12.7. The molecule has 1 heterocycles. The fourth-order valence-electron chi connectivity index (χ4n) is 3.23. The van der Waals surface area contributed by atoms with Gasteiger partial charge in [0.1, 0.15) is 5.58 Å². The molecule has 0 atom stereocenters. The van der Waals surface area contributed by atoms with E-state index in [0.717, 1.165) is 21.9 Å². The minimum Gasteiger partial charge on any atom is -0.459 e. The van der Waals surface area contributed by atoms with E-state index in [1.165, 1.54) is 0 Å². The fourth-order valence-corrected chi connectivity index (χ4v) is 3.23. The Kier molecular flexibility index (Phi) is 4.24. The first kappa shape index (κ1) is 17.0. The molecule has 4 aromatic rings. The van der Waals surface area contributed by atoms with Gasteiger partial charge in [-0.1, -0.05) is 48.5 Å². The Labute approximate surface area is 156 Å². The standard InChI is InChI=1S/C23H18O4/c1-14(2)26-22(24)19-13-20-18(12-17(19)15-8-4-3-5-9-15)16-10-6-7-11-21(16)27-23(20)25/h3-14H,1-2H3. The molecule has 3 aromatic carbocycles. The highest BCUT2D eigenvalue weighted by Crippen LogP contribution is 2.32. The summed E-state index contributed by atoms with van der Waals surface area (Å²) in [4.78, 5) is 25.2. The molecular formula is C23H18O4. The van der Waals surface area contributed by atoms with Crippen molar-refractivity contribution in [3.8, 4) is 11.1 Å². The summed E-state index contributed by atoms with van der Waals surface area (Å²) in [6.07, 6.45) is -0.259. The van der Waals surface area contributed by atoms with Gasteiger partial charge in [0.15, 0.2) is 0 Å². The van der Waals surface area contributed by atoms with Gasteiger partial charge >= 0.3 is 11.6 Å². The lowest BCUT2D eigenvalue weighted by Crippen LogP contribution is -2.13. The van der Waals surface area contributed by atoms with E-state index in [1.807, 2.05) is 54.6 Å². The van der Waals surface area contributed by atoms with Crippen LogP contribution in [-0.4, -0.2) is 12.1 Å². The molecule has 0 fully saturated rings. The van der Waals surface area contributed by atoms with Gasteiger partial charge in [-0.3, -0.25) is 0 Å². The van der Waals surface area contributed by atoms with Crippen LogP contribution in [0.4, 0.5) is 0 Å². The van der Waals surface area contributed by atoms with E-state index in [1.54, 1.807) is 26.0 Å². The Balaban J connectivity index is 2.09. The molecule has 0 bridgehead atoms. The molecule has 4 rings (SSSR count). The highest BCUT2D eigenvalue weighted by atomic mass is 16.5. The second-order valence-corrected chi connectivity index (χ2v) is 6.65. The van der Waals surface area contributed by atoms with Crippen LogP contribution in [0.15, 0.2) is 75.9 Å². The summed E-state index contributed by atoms with van der Waals surface area (Å²) >= 11 is 0. The van der Waals surface area contributed by atoms with Crippen molar-refractivity contribution in [2.75, 3.05) is 0 Å². The minimum atomic E-state index is -0.470. The number of ether oxygens (including phenoxy) is 1. The average molecular weight is 358 g/mol. The van der Waals surface area contributed by atoms with Crippen molar-refractivity contribution in [1.82, 2.24) is 0 Å². The third-order valence-electron chi connectivity index (χ3n) is 4.40. The lowest BCUT2D eigenvalue weighted by molar-refractivity contribution is 0.0379. The zero-order valence-electron chi connectivity index (χ0n) is 15.1. The van der Waals surface area contributed by atoms with Gasteiger partial charge in [0.2, 0.25) is 0 Å². The zero-order valence-corrected chi connectivity index (χ0v) is 15.1. The van der Waals surface area contributed by atoms with Crippen LogP contribution in [0.25, 0.3) is 32.9 Å². The van der Waals surface area contributed by atoms with E-state index >= 15 is 0 Å². The molecule has 0 amide bonds. The Morgan fingerprint density at radius 1 is 0.889 bits per heavy atom. The molecule has 0 saturated carbocycles. The topological polar surface area (TPSA) is 56.5 Å². The number of esters is 1. The van der Waals surface area contributed by atoms with Gasteiger partial charge in [0.25, 0.3) is 0 Å². The van der Waals surface area contributed by atoms with Crippen molar-refractivity contribution >= 4 is 27.7 Å². The molecule has 27 heavy (non-hydrogen) atoms. The third-order valence-corrected chi connectivity index (χ3v) is 4.40. The lowest BCUT2D eigenvalue weighted by atomic mass is 9.95. The van der Waals surface area contributed by atoms with Gasteiger partial charge in [-0.25, -0.2) is 9.59 Å². The van der Waals surface area contributed by atoms with E-state index in [0.29, 0.717) is 16.5 Å². The number of fused-ring (bicyclic) bond motifs is 3. The number of para-hydroxylation sites is 1. The molecule has 4 nitrogen and oxygen atoms in total. The summed E-state index contributed by atoms with van der Waals surface area (Å²) < 4.78 is 10.8. The Morgan fingerprint density at radius 2 is 1.59 bits per heavy atom. The van der Waals surface area contributed by atoms with E-state index < -0.39 is 11.6 Å². The number of hydrogen-bond donors (Lipinski definition) is 0. The summed E-state index contributed by atoms with van der Waals surface area (Å²) in [6, 6.07) is 20.4. The van der Waals surface area contributed by atoms with E-state index in [2.05, 4.69) is 0 Å². The molecule has 1 aromatic heterocycles. The fraction of sp³-hybridized carbons (Fsp3) is 0.130. The zero-order chi connectivity index (χ0) is 19.0. The molecule has 0 saturated heterocycles. The Hall–Kier alpha value is -3.40. The van der Waals surface area contributed by atoms with E-state index in [-0.39, 0.29) is 6.10 Å². The predicted octanol–water partition coefficient (Wildman–Crippen LogP) is 5.18. The van der Waals surface area contributed by atoms with Crippen LogP contribution >= 0.6 is 0 Å². The first-order valence-corrected chi connectivity index (χ1v) is 8.80. The number of rotatable bonds is 3. The molecule has 0 radical (unpaired) electrons. The van der Waals surface area contributed by atoms with Crippen molar-refractivity contribution in [2.45, 2.75) is 20.0 Å². The predicted molar refractivity (Wildman–Crippen MR) is 106 cm³/mol. The SMILES string of the molecule is CC(C)OC(=O)c1cc2c(=O)oc3ccccc3c2cc1-c1ccccc1. The van der Waals surface area contributed by atoms with Crippen molar-refractivity contribution in [1.29, 1.82) is 0 Å². The van der Waals surface area contributed by atoms with E-state index in [9.17, 15) is 9.59 Å². The Bertz CT molecular complexity index is 1200. The van der Waals surface area contributed by atoms with Crippen molar-refractivity contribution < 1.29 is 13.9 Å². The smallest absolute Gasteiger partial charge is 0.344 e. The highest BCUT2D eigenvalue weighted by Gasteiger charge is 2.19. The van der Waals surface area contributed by atoms with Crippen molar-refractivity contribution in [2.24, 2.45) is 0 Å². The van der Waals surface area contributed by atoms with Gasteiger partial charge in [-0.15, -0.1) is 0 Å². The molecule has 0 spiro atoms. The van der Waals surface area contributed by atoms with Gasteiger partial charge in [-0.05, 0) is 43.2 Å². The number of hydrogen-bond acceptors (Lipinski definition) is 4. The van der Waals surface area contributed by atoms with Crippen molar-refractivity contribution in [3.05, 3.63) is 82.7 Å². The molecule has 0 aliphatic rings. The maximum atomic E-state index is 12.7. The minimum absolute atomic E-state index is 0.259. The molecule has 0 N–H and O–H groups in total. The van der Waals surface area contributed by atoms with Gasteiger partial charge in [0.05, 0.1) is 17.1 Å². The monoisotopic (exact) mass is 358 g/mol. The molecule has 0 aliphatic carbocycles. The molecule has 134 valence electrons. The summed E-state index contributed by atoms with van der Waals surface area (Å²) in [7, 11) is 0. The first-order valence-electron chi connectivity index (χ1n) is 8.80. The highest BCUT2D eigenvalue weighted by molar-refractivity contribution is 6.10. The second-order valence-electron chi connectivity index (χ2n) is 6.65. The summed E-state index contributed by atoms with van der Waals surface area (Å²) in [6.45, 7) is 3.59. The summed E-state index contributed by atoms with van der Waals surface area (Å²) in [5.74, 6) is -0.460. The van der Waals surface area contributed by atoms with Gasteiger partial charge in [-0.2, -0.15) is 0 Å². The molecular weight excluding hydrogens is 340 g/mol. The summed E-state index contributed by atoms with van der Waals surface area (Å²) in [5.41, 5.74) is 2.01. The first-order chi connectivity index (χ1) is 13.0. The van der Waals surface area contributed by atoms with Gasteiger partial charge < -0.3 is 9.15 Å². The number of carbonyl (C=O) groups is 1. The largest absolute Gasteiger partial charge is 0.459 e. The second kappa shape index (κ2) is 6.72. The van der Waals surface area contributed by atoms with Crippen LogP contribution in [0.1, 0.15) is 24.2 Å². The maximum Gasteiger partial charge on any atom is 0.344 e. The molecule has 0 aliphatic heterocycles. The lowest BCUT2D eigenvalue weighted by Gasteiger charge is -2.14. The Morgan fingerprint density at radius 3 is 2.33 bits per heavy atom. The van der Waals surface area contributed by atoms with Gasteiger partial charge in [0, 0.05) is 10.8 Å². The van der Waals surface area contributed by atoms with Crippen molar-refractivity contribution in [3.63, 3.8) is 0 Å². The van der Waals surface area contributed by atoms with Crippen LogP contribution < -0.4 is 5.63 Å². The van der Waals surface area contributed by atoms with Crippen LogP contribution in [0.2, 0.25) is 0 Å².